The van der Waals surface area contributed by atoms with E-state index in [1.54, 1.807) is 30.3 Å². The van der Waals surface area contributed by atoms with E-state index >= 15 is 0 Å². The fourth-order valence-electron chi connectivity index (χ4n) is 2.06. The Morgan fingerprint density at radius 2 is 1.81 bits per heavy atom. The largest absolute Gasteiger partial charge is 0.336 e. The van der Waals surface area contributed by atoms with Gasteiger partial charge in [0.1, 0.15) is 11.6 Å². The zero-order valence-electron chi connectivity index (χ0n) is 10.7. The lowest BCUT2D eigenvalue weighted by Gasteiger charge is -2.07. The Labute approximate surface area is 118 Å². The quantitative estimate of drug-likeness (QED) is 0.637. The molecule has 2 aromatic heterocycles. The van der Waals surface area contributed by atoms with Crippen LogP contribution in [0.5, 0.6) is 0 Å². The first-order chi connectivity index (χ1) is 10.1. The van der Waals surface area contributed by atoms with Gasteiger partial charge in [-0.05, 0) is 18.2 Å². The molecule has 0 amide bonds. The topological polar surface area (TPSA) is 107 Å². The molecule has 3 aromatic rings. The van der Waals surface area contributed by atoms with Crippen molar-refractivity contribution in [2.75, 3.05) is 5.84 Å². The minimum Gasteiger partial charge on any atom is -0.336 e. The smallest absolute Gasteiger partial charge is 0.296 e. The molecule has 1 aromatic carbocycles. The molecule has 0 unspecified atom stereocenters. The van der Waals surface area contributed by atoms with E-state index in [2.05, 4.69) is 5.10 Å². The molecule has 0 bridgehead atoms. The highest BCUT2D eigenvalue weighted by atomic mass is 16.1. The van der Waals surface area contributed by atoms with Crippen LogP contribution in [-0.2, 0) is 0 Å². The van der Waals surface area contributed by atoms with Crippen LogP contribution >= 0.6 is 0 Å². The van der Waals surface area contributed by atoms with Crippen molar-refractivity contribution in [2.24, 2.45) is 0 Å². The van der Waals surface area contributed by atoms with Gasteiger partial charge in [-0.25, -0.2) is 4.68 Å². The molecule has 0 saturated carbocycles. The van der Waals surface area contributed by atoms with Gasteiger partial charge in [0.15, 0.2) is 5.52 Å². The summed E-state index contributed by atoms with van der Waals surface area (Å²) in [5, 5.41) is 13.5. The molecule has 0 aliphatic heterocycles. The number of benzene rings is 1. The maximum absolute atomic E-state index is 12.3. The first kappa shape index (κ1) is 12.6. The molecule has 0 aliphatic rings. The number of hydrogen-bond donors (Lipinski definition) is 1. The average molecular weight is 279 g/mol. The van der Waals surface area contributed by atoms with Crippen molar-refractivity contribution >= 4 is 10.9 Å². The summed E-state index contributed by atoms with van der Waals surface area (Å²) in [5.41, 5.74) is -0.853. The number of nitrogens with two attached hydrogens (primary N) is 1. The summed E-state index contributed by atoms with van der Waals surface area (Å²) >= 11 is 0. The van der Waals surface area contributed by atoms with Crippen molar-refractivity contribution in [1.82, 2.24) is 14.5 Å². The zero-order chi connectivity index (χ0) is 15.0. The number of nitrogens with zero attached hydrogens (tertiary/aromatic N) is 4. The highest BCUT2D eigenvalue weighted by Crippen LogP contribution is 2.11. The predicted octanol–water partition coefficient (Wildman–Crippen LogP) is 0.133. The molecule has 102 valence electrons. The van der Waals surface area contributed by atoms with E-state index < -0.39 is 11.1 Å². The molecule has 0 saturated heterocycles. The molecule has 2 N–H and O–H groups in total. The average Bonchev–Trinajstić information content (AvgIpc) is 2.51. The van der Waals surface area contributed by atoms with E-state index in [1.807, 2.05) is 6.07 Å². The van der Waals surface area contributed by atoms with Crippen LogP contribution in [0.25, 0.3) is 16.6 Å². The molecule has 0 radical (unpaired) electrons. The maximum Gasteiger partial charge on any atom is 0.296 e. The van der Waals surface area contributed by atoms with Crippen LogP contribution in [0.2, 0.25) is 0 Å². The van der Waals surface area contributed by atoms with Crippen molar-refractivity contribution in [2.45, 2.75) is 0 Å². The van der Waals surface area contributed by atoms with Crippen molar-refractivity contribution in [3.8, 4) is 11.8 Å². The van der Waals surface area contributed by atoms with Gasteiger partial charge in [-0.2, -0.15) is 15.0 Å². The van der Waals surface area contributed by atoms with Crippen molar-refractivity contribution in [3.63, 3.8) is 0 Å². The Kier molecular flexibility index (Phi) is 2.77. The normalized spacial score (nSPS) is 10.4. The summed E-state index contributed by atoms with van der Waals surface area (Å²) in [6.45, 7) is 0. The minimum absolute atomic E-state index is 0.0278. The minimum atomic E-state index is -0.578. The molecular formula is C14H9N5O2. The fourth-order valence-corrected chi connectivity index (χ4v) is 2.06. The van der Waals surface area contributed by atoms with Crippen molar-refractivity contribution < 1.29 is 0 Å². The number of pyridine rings is 1. The molecule has 7 heteroatoms. The molecule has 21 heavy (non-hydrogen) atoms. The van der Waals surface area contributed by atoms with Crippen LogP contribution in [-0.4, -0.2) is 14.5 Å². The number of para-hydroxylation sites is 1. The molecular weight excluding hydrogens is 270 g/mol. The van der Waals surface area contributed by atoms with Gasteiger partial charge < -0.3 is 5.84 Å². The van der Waals surface area contributed by atoms with Gasteiger partial charge in [0, 0.05) is 11.6 Å². The Balaban J connectivity index is 2.52. The number of nitriles is 1. The summed E-state index contributed by atoms with van der Waals surface area (Å²) < 4.78 is 1.89. The monoisotopic (exact) mass is 279 g/mol. The number of nitrogen functional groups attached to an aromatic ring is 1. The molecule has 0 atom stereocenters. The summed E-state index contributed by atoms with van der Waals surface area (Å²) in [6.07, 6.45) is 1.29. The maximum atomic E-state index is 12.3. The standard InChI is InChI=1S/C14H9N5O2/c15-8-11-10-6-7-18(16)14(21)12(10)17-19(13(11)20)9-4-2-1-3-5-9/h1-7H,16H2. The van der Waals surface area contributed by atoms with E-state index in [9.17, 15) is 14.9 Å². The third kappa shape index (κ3) is 1.86. The van der Waals surface area contributed by atoms with Gasteiger partial charge >= 0.3 is 0 Å². The molecule has 3 rings (SSSR count). The second-order valence-electron chi connectivity index (χ2n) is 4.33. The summed E-state index contributed by atoms with van der Waals surface area (Å²) in [6, 6.07) is 11.8. The van der Waals surface area contributed by atoms with Crippen LogP contribution in [0.1, 0.15) is 5.56 Å². The molecule has 0 spiro atoms. The lowest BCUT2D eigenvalue weighted by atomic mass is 10.2. The third-order valence-electron chi connectivity index (χ3n) is 3.08. The Morgan fingerprint density at radius 3 is 2.48 bits per heavy atom. The van der Waals surface area contributed by atoms with Crippen LogP contribution in [0.3, 0.4) is 0 Å². The lowest BCUT2D eigenvalue weighted by molar-refractivity contribution is 0.816. The third-order valence-corrected chi connectivity index (χ3v) is 3.08. The van der Waals surface area contributed by atoms with E-state index in [4.69, 9.17) is 5.84 Å². The summed E-state index contributed by atoms with van der Waals surface area (Å²) in [4.78, 5) is 24.4. The van der Waals surface area contributed by atoms with Gasteiger partial charge in [0.2, 0.25) is 0 Å². The Morgan fingerprint density at radius 1 is 1.10 bits per heavy atom. The summed E-state index contributed by atoms with van der Waals surface area (Å²) in [7, 11) is 0. The van der Waals surface area contributed by atoms with Gasteiger partial charge in [-0.3, -0.25) is 9.59 Å². The lowest BCUT2D eigenvalue weighted by Crippen LogP contribution is -2.31. The van der Waals surface area contributed by atoms with Crippen LogP contribution in [0.4, 0.5) is 0 Å². The SMILES string of the molecule is N#Cc1c(=O)n(-c2ccccc2)nc2c(=O)n(N)ccc12. The first-order valence-electron chi connectivity index (χ1n) is 6.03. The second-order valence-corrected chi connectivity index (χ2v) is 4.33. The molecule has 2 heterocycles. The Bertz CT molecular complexity index is 996. The second kappa shape index (κ2) is 4.61. The number of fused-ring (bicyclic) bond motifs is 1. The van der Waals surface area contributed by atoms with Crippen molar-refractivity contribution in [3.05, 3.63) is 68.9 Å². The number of aromatic nitrogens is 3. The highest BCUT2D eigenvalue weighted by molar-refractivity contribution is 5.83. The summed E-state index contributed by atoms with van der Waals surface area (Å²) in [5.74, 6) is 5.50. The van der Waals surface area contributed by atoms with E-state index in [-0.39, 0.29) is 16.5 Å². The number of rotatable bonds is 1. The van der Waals surface area contributed by atoms with Gasteiger partial charge in [-0.1, -0.05) is 18.2 Å². The zero-order valence-corrected chi connectivity index (χ0v) is 10.7. The Hall–Kier alpha value is -3.40. The molecule has 7 nitrogen and oxygen atoms in total. The van der Waals surface area contributed by atoms with Crippen LogP contribution < -0.4 is 17.0 Å². The fraction of sp³-hybridized carbons (Fsp3) is 0. The highest BCUT2D eigenvalue weighted by Gasteiger charge is 2.15. The van der Waals surface area contributed by atoms with Gasteiger partial charge in [0.05, 0.1) is 5.69 Å². The predicted molar refractivity (Wildman–Crippen MR) is 76.5 cm³/mol. The number of hydrogen-bond acceptors (Lipinski definition) is 5. The molecule has 0 fully saturated rings. The van der Waals surface area contributed by atoms with Gasteiger partial charge in [-0.15, -0.1) is 0 Å². The molecule has 0 aliphatic carbocycles. The van der Waals surface area contributed by atoms with Crippen LogP contribution in [0.15, 0.2) is 52.2 Å². The van der Waals surface area contributed by atoms with E-state index in [0.29, 0.717) is 5.69 Å². The van der Waals surface area contributed by atoms with Crippen molar-refractivity contribution in [1.29, 1.82) is 5.26 Å². The first-order valence-corrected chi connectivity index (χ1v) is 6.03. The van der Waals surface area contributed by atoms with E-state index in [1.165, 1.54) is 12.3 Å². The van der Waals surface area contributed by atoms with Gasteiger partial charge in [0.25, 0.3) is 11.1 Å². The van der Waals surface area contributed by atoms with Crippen LogP contribution in [0, 0.1) is 11.3 Å². The van der Waals surface area contributed by atoms with E-state index in [0.717, 1.165) is 9.36 Å².